The van der Waals surface area contributed by atoms with E-state index in [1.165, 1.54) is 0 Å². The Morgan fingerprint density at radius 3 is 2.90 bits per heavy atom. The van der Waals surface area contributed by atoms with E-state index in [9.17, 15) is 4.79 Å². The summed E-state index contributed by atoms with van der Waals surface area (Å²) < 4.78 is 5.12. The lowest BCUT2D eigenvalue weighted by Crippen LogP contribution is -1.99. The highest BCUT2D eigenvalue weighted by Crippen LogP contribution is 1.96. The molecule has 3 heteroatoms. The average Bonchev–Trinajstić information content (AvgIpc) is 1.97. The lowest BCUT2D eigenvalue weighted by atomic mass is 10.5. The molecule has 0 atom stereocenters. The summed E-state index contributed by atoms with van der Waals surface area (Å²) in [5.74, 6) is 2.17. The molecule has 0 saturated heterocycles. The fraction of sp³-hybridized carbons (Fsp3) is 0.857. The van der Waals surface area contributed by atoms with Crippen molar-refractivity contribution in [2.45, 2.75) is 13.3 Å². The highest BCUT2D eigenvalue weighted by molar-refractivity contribution is 7.99. The summed E-state index contributed by atoms with van der Waals surface area (Å²) in [6.45, 7) is 3.47. The van der Waals surface area contributed by atoms with Gasteiger partial charge >= 0.3 is 0 Å². The highest BCUT2D eigenvalue weighted by Gasteiger charge is 1.86. The second-order valence-corrected chi connectivity index (χ2v) is 3.16. The quantitative estimate of drug-likeness (QED) is 0.417. The van der Waals surface area contributed by atoms with Gasteiger partial charge in [-0.15, -0.1) is 0 Å². The minimum absolute atomic E-state index is 0.525. The summed E-state index contributed by atoms with van der Waals surface area (Å²) in [5.41, 5.74) is 0. The SMILES string of the molecule is CCSCCOCCC=O. The standard InChI is InChI=1S/C7H14O2S/c1-2-10-7-6-9-5-3-4-8/h4H,2-3,5-7H2,1H3. The van der Waals surface area contributed by atoms with E-state index in [2.05, 4.69) is 6.92 Å². The maximum absolute atomic E-state index is 9.81. The Labute approximate surface area is 66.3 Å². The van der Waals surface area contributed by atoms with Crippen LogP contribution in [0.15, 0.2) is 0 Å². The Morgan fingerprint density at radius 2 is 2.30 bits per heavy atom. The predicted molar refractivity (Wildman–Crippen MR) is 44.5 cm³/mol. The smallest absolute Gasteiger partial charge is 0.122 e. The van der Waals surface area contributed by atoms with Gasteiger partial charge in [0.15, 0.2) is 0 Å². The van der Waals surface area contributed by atoms with Gasteiger partial charge in [-0.1, -0.05) is 6.92 Å². The molecule has 0 radical (unpaired) electrons. The van der Waals surface area contributed by atoms with Crippen molar-refractivity contribution >= 4 is 18.0 Å². The third kappa shape index (κ3) is 7.98. The lowest BCUT2D eigenvalue weighted by molar-refractivity contribution is -0.108. The van der Waals surface area contributed by atoms with E-state index in [1.807, 2.05) is 11.8 Å². The van der Waals surface area contributed by atoms with Crippen LogP contribution in [-0.4, -0.2) is 31.0 Å². The zero-order chi connectivity index (χ0) is 7.66. The van der Waals surface area contributed by atoms with Crippen LogP contribution >= 0.6 is 11.8 Å². The van der Waals surface area contributed by atoms with Crippen molar-refractivity contribution in [3.63, 3.8) is 0 Å². The number of aldehydes is 1. The van der Waals surface area contributed by atoms with Crippen LogP contribution in [0.1, 0.15) is 13.3 Å². The van der Waals surface area contributed by atoms with Gasteiger partial charge in [0, 0.05) is 12.2 Å². The number of hydrogen-bond donors (Lipinski definition) is 0. The molecule has 0 fully saturated rings. The lowest BCUT2D eigenvalue weighted by Gasteiger charge is -1.98. The summed E-state index contributed by atoms with van der Waals surface area (Å²) in [4.78, 5) is 9.81. The molecule has 0 heterocycles. The maximum atomic E-state index is 9.81. The molecule has 0 bridgehead atoms. The van der Waals surface area contributed by atoms with E-state index in [0.717, 1.165) is 24.4 Å². The Bertz CT molecular complexity index is 76.0. The molecule has 2 nitrogen and oxygen atoms in total. The molecule has 0 aliphatic heterocycles. The number of thioether (sulfide) groups is 1. The van der Waals surface area contributed by atoms with Gasteiger partial charge < -0.3 is 9.53 Å². The fourth-order valence-electron chi connectivity index (χ4n) is 0.496. The highest BCUT2D eigenvalue weighted by atomic mass is 32.2. The molecule has 0 unspecified atom stereocenters. The molecule has 0 aromatic heterocycles. The Morgan fingerprint density at radius 1 is 1.50 bits per heavy atom. The number of ether oxygens (including phenoxy) is 1. The van der Waals surface area contributed by atoms with Crippen molar-refractivity contribution in [3.05, 3.63) is 0 Å². The van der Waals surface area contributed by atoms with Crippen LogP contribution in [-0.2, 0) is 9.53 Å². The summed E-state index contributed by atoms with van der Waals surface area (Å²) in [5, 5.41) is 0. The van der Waals surface area contributed by atoms with Crippen LogP contribution in [0, 0.1) is 0 Å². The normalized spacial score (nSPS) is 9.70. The molecule has 0 N–H and O–H groups in total. The second-order valence-electron chi connectivity index (χ2n) is 1.76. The first-order valence-electron chi connectivity index (χ1n) is 3.51. The van der Waals surface area contributed by atoms with E-state index in [4.69, 9.17) is 4.74 Å². The molecule has 0 spiro atoms. The molecule has 0 aliphatic carbocycles. The van der Waals surface area contributed by atoms with Gasteiger partial charge in [0.05, 0.1) is 13.2 Å². The summed E-state index contributed by atoms with van der Waals surface area (Å²) in [7, 11) is 0. The second kappa shape index (κ2) is 8.98. The largest absolute Gasteiger partial charge is 0.380 e. The minimum Gasteiger partial charge on any atom is -0.380 e. The van der Waals surface area contributed by atoms with Crippen molar-refractivity contribution in [2.24, 2.45) is 0 Å². The fourth-order valence-corrected chi connectivity index (χ4v) is 1.02. The number of rotatable bonds is 7. The van der Waals surface area contributed by atoms with Gasteiger partial charge in [-0.05, 0) is 5.75 Å². The van der Waals surface area contributed by atoms with Crippen LogP contribution in [0.2, 0.25) is 0 Å². The molecule has 60 valence electrons. The van der Waals surface area contributed by atoms with E-state index in [-0.39, 0.29) is 0 Å². The van der Waals surface area contributed by atoms with Crippen LogP contribution in [0.5, 0.6) is 0 Å². The molecule has 0 aromatic carbocycles. The Hall–Kier alpha value is -0.0200. The van der Waals surface area contributed by atoms with Crippen LogP contribution < -0.4 is 0 Å². The predicted octanol–water partition coefficient (Wildman–Crippen LogP) is 1.35. The van der Waals surface area contributed by atoms with Crippen molar-refractivity contribution in [3.8, 4) is 0 Å². The monoisotopic (exact) mass is 162 g/mol. The summed E-state index contributed by atoms with van der Waals surface area (Å²) in [6.07, 6.45) is 1.41. The first kappa shape index (κ1) is 9.98. The molecule has 0 amide bonds. The van der Waals surface area contributed by atoms with Gasteiger partial charge in [-0.3, -0.25) is 0 Å². The van der Waals surface area contributed by atoms with Gasteiger partial charge in [-0.25, -0.2) is 0 Å². The zero-order valence-corrected chi connectivity index (χ0v) is 7.15. The van der Waals surface area contributed by atoms with Gasteiger partial charge in [-0.2, -0.15) is 11.8 Å². The topological polar surface area (TPSA) is 26.3 Å². The van der Waals surface area contributed by atoms with E-state index in [1.54, 1.807) is 0 Å². The first-order chi connectivity index (χ1) is 4.91. The molecular weight excluding hydrogens is 148 g/mol. The van der Waals surface area contributed by atoms with Crippen molar-refractivity contribution in [1.82, 2.24) is 0 Å². The third-order valence-electron chi connectivity index (χ3n) is 0.956. The van der Waals surface area contributed by atoms with Crippen LogP contribution in [0.25, 0.3) is 0 Å². The molecule has 0 saturated carbocycles. The third-order valence-corrected chi connectivity index (χ3v) is 1.82. The van der Waals surface area contributed by atoms with Gasteiger partial charge in [0.1, 0.15) is 6.29 Å². The first-order valence-corrected chi connectivity index (χ1v) is 4.66. The Balaban J connectivity index is 2.70. The molecule has 0 aliphatic rings. The number of hydrogen-bond acceptors (Lipinski definition) is 3. The maximum Gasteiger partial charge on any atom is 0.122 e. The average molecular weight is 162 g/mol. The molecule has 0 aromatic rings. The van der Waals surface area contributed by atoms with Crippen LogP contribution in [0.3, 0.4) is 0 Å². The van der Waals surface area contributed by atoms with E-state index >= 15 is 0 Å². The van der Waals surface area contributed by atoms with Gasteiger partial charge in [0.2, 0.25) is 0 Å². The molecule has 10 heavy (non-hydrogen) atoms. The minimum atomic E-state index is 0.525. The van der Waals surface area contributed by atoms with E-state index in [0.29, 0.717) is 13.0 Å². The van der Waals surface area contributed by atoms with Crippen LogP contribution in [0.4, 0.5) is 0 Å². The van der Waals surface area contributed by atoms with Crippen molar-refractivity contribution < 1.29 is 9.53 Å². The number of carbonyl (C=O) groups excluding carboxylic acids is 1. The van der Waals surface area contributed by atoms with Crippen molar-refractivity contribution in [2.75, 3.05) is 24.7 Å². The summed E-state index contributed by atoms with van der Waals surface area (Å²) >= 11 is 1.85. The molecule has 0 rings (SSSR count). The summed E-state index contributed by atoms with van der Waals surface area (Å²) in [6, 6.07) is 0. The van der Waals surface area contributed by atoms with Gasteiger partial charge in [0.25, 0.3) is 0 Å². The van der Waals surface area contributed by atoms with E-state index < -0.39 is 0 Å². The zero-order valence-electron chi connectivity index (χ0n) is 6.34. The number of carbonyl (C=O) groups is 1. The Kier molecular flexibility index (Phi) is 8.96. The molecular formula is C7H14O2S. The van der Waals surface area contributed by atoms with Crippen molar-refractivity contribution in [1.29, 1.82) is 0 Å².